The van der Waals surface area contributed by atoms with Crippen LogP contribution in [-0.2, 0) is 0 Å². The molecule has 2 atom stereocenters. The zero-order chi connectivity index (χ0) is 14.9. The van der Waals surface area contributed by atoms with Crippen LogP contribution in [0, 0.1) is 0 Å². The van der Waals surface area contributed by atoms with Crippen LogP contribution < -0.4 is 11.2 Å². The van der Waals surface area contributed by atoms with Crippen molar-refractivity contribution in [2.24, 2.45) is 5.73 Å². The van der Waals surface area contributed by atoms with E-state index in [2.05, 4.69) is 4.98 Å². The molecule has 1 aromatic carbocycles. The Hall–Kier alpha value is -2.22. The highest BCUT2D eigenvalue weighted by atomic mass is 16.4. The fourth-order valence-corrected chi connectivity index (χ4v) is 1.93. The fraction of sp³-hybridized carbons (Fsp3) is 0.231. The van der Waals surface area contributed by atoms with Crippen LogP contribution in [0.5, 0.6) is 0 Å². The number of aromatic carboxylic acids is 1. The average molecular weight is 278 g/mol. The number of carboxylic acid groups (broad SMARTS) is 1. The SMILES string of the molecule is NCC(O)C(O)c1ccc2[nH]cc(C(=O)O)c(=O)c2c1. The van der Waals surface area contributed by atoms with E-state index in [9.17, 15) is 19.8 Å². The predicted molar refractivity (Wildman–Crippen MR) is 71.5 cm³/mol. The number of aliphatic hydroxyl groups excluding tert-OH is 2. The number of hydrogen-bond acceptors (Lipinski definition) is 5. The third-order valence-electron chi connectivity index (χ3n) is 3.08. The summed E-state index contributed by atoms with van der Waals surface area (Å²) in [5, 5.41) is 28.4. The number of hydrogen-bond donors (Lipinski definition) is 5. The maximum absolute atomic E-state index is 12.0. The molecule has 7 heteroatoms. The van der Waals surface area contributed by atoms with Gasteiger partial charge in [-0.2, -0.15) is 0 Å². The van der Waals surface area contributed by atoms with E-state index in [1.807, 2.05) is 0 Å². The topological polar surface area (TPSA) is 137 Å². The largest absolute Gasteiger partial charge is 0.477 e. The standard InChI is InChI=1S/C13H14N2O5/c14-4-10(16)11(17)6-1-2-9-7(3-6)12(18)8(5-15-9)13(19)20/h1-3,5,10-11,16-17H,4,14H2,(H,15,18)(H,19,20). The summed E-state index contributed by atoms with van der Waals surface area (Å²) < 4.78 is 0. The van der Waals surface area contributed by atoms with E-state index >= 15 is 0 Å². The van der Waals surface area contributed by atoms with Crippen molar-refractivity contribution in [3.05, 3.63) is 45.7 Å². The lowest BCUT2D eigenvalue weighted by molar-refractivity contribution is 0.0244. The van der Waals surface area contributed by atoms with Gasteiger partial charge in [0.1, 0.15) is 11.7 Å². The number of aromatic amines is 1. The van der Waals surface area contributed by atoms with E-state index in [-0.39, 0.29) is 17.5 Å². The molecule has 0 radical (unpaired) electrons. The van der Waals surface area contributed by atoms with Crippen LogP contribution >= 0.6 is 0 Å². The first-order valence-electron chi connectivity index (χ1n) is 5.90. The Labute approximate surface area is 113 Å². The van der Waals surface area contributed by atoms with Crippen molar-refractivity contribution in [3.63, 3.8) is 0 Å². The summed E-state index contributed by atoms with van der Waals surface area (Å²) in [5.74, 6) is -1.33. The van der Waals surface area contributed by atoms with Gasteiger partial charge < -0.3 is 26.0 Å². The van der Waals surface area contributed by atoms with Crippen molar-refractivity contribution in [2.45, 2.75) is 12.2 Å². The fourth-order valence-electron chi connectivity index (χ4n) is 1.93. The number of pyridine rings is 1. The number of carboxylic acids is 1. The number of aromatic nitrogens is 1. The Morgan fingerprint density at radius 1 is 1.35 bits per heavy atom. The van der Waals surface area contributed by atoms with Crippen molar-refractivity contribution < 1.29 is 20.1 Å². The molecule has 0 aliphatic heterocycles. The van der Waals surface area contributed by atoms with Crippen LogP contribution in [-0.4, -0.2) is 38.9 Å². The van der Waals surface area contributed by atoms with Crippen LogP contribution in [0.2, 0.25) is 0 Å². The lowest BCUT2D eigenvalue weighted by Gasteiger charge is -2.16. The van der Waals surface area contributed by atoms with Crippen molar-refractivity contribution >= 4 is 16.9 Å². The minimum Gasteiger partial charge on any atom is -0.477 e. The summed E-state index contributed by atoms with van der Waals surface area (Å²) >= 11 is 0. The molecule has 0 fully saturated rings. The molecule has 7 nitrogen and oxygen atoms in total. The highest BCUT2D eigenvalue weighted by Gasteiger charge is 2.18. The molecule has 0 saturated heterocycles. The second-order valence-corrected chi connectivity index (χ2v) is 4.39. The van der Waals surface area contributed by atoms with E-state index in [1.54, 1.807) is 0 Å². The first kappa shape index (κ1) is 14.2. The highest BCUT2D eigenvalue weighted by Crippen LogP contribution is 2.20. The third kappa shape index (κ3) is 2.42. The van der Waals surface area contributed by atoms with Crippen LogP contribution in [0.25, 0.3) is 10.9 Å². The summed E-state index contributed by atoms with van der Waals surface area (Å²) in [4.78, 5) is 25.6. The number of nitrogens with two attached hydrogens (primary N) is 1. The van der Waals surface area contributed by atoms with Gasteiger partial charge >= 0.3 is 5.97 Å². The molecule has 1 heterocycles. The number of aliphatic hydroxyl groups is 2. The second-order valence-electron chi connectivity index (χ2n) is 4.39. The van der Waals surface area contributed by atoms with Gasteiger partial charge in [0.25, 0.3) is 0 Å². The molecule has 6 N–H and O–H groups in total. The number of H-pyrrole nitrogens is 1. The van der Waals surface area contributed by atoms with Gasteiger partial charge in [0.2, 0.25) is 5.43 Å². The van der Waals surface area contributed by atoms with E-state index < -0.39 is 23.6 Å². The summed E-state index contributed by atoms with van der Waals surface area (Å²) in [6.07, 6.45) is -1.27. The van der Waals surface area contributed by atoms with Crippen LogP contribution in [0.1, 0.15) is 22.0 Å². The number of fused-ring (bicyclic) bond motifs is 1. The molecule has 0 aliphatic carbocycles. The molecule has 0 aliphatic rings. The lowest BCUT2D eigenvalue weighted by Crippen LogP contribution is -2.27. The number of carbonyl (C=O) groups is 1. The van der Waals surface area contributed by atoms with Crippen molar-refractivity contribution in [1.82, 2.24) is 4.98 Å². The Kier molecular flexibility index (Phi) is 3.84. The van der Waals surface area contributed by atoms with Crippen molar-refractivity contribution in [3.8, 4) is 0 Å². The monoisotopic (exact) mass is 278 g/mol. The second kappa shape index (κ2) is 5.41. The number of benzene rings is 1. The Bertz CT molecular complexity index is 709. The van der Waals surface area contributed by atoms with E-state index in [4.69, 9.17) is 10.8 Å². The smallest absolute Gasteiger partial charge is 0.341 e. The van der Waals surface area contributed by atoms with Gasteiger partial charge in [-0.1, -0.05) is 6.07 Å². The summed E-state index contributed by atoms with van der Waals surface area (Å²) in [6.45, 7) is -0.134. The minimum absolute atomic E-state index is 0.130. The summed E-state index contributed by atoms with van der Waals surface area (Å²) in [7, 11) is 0. The van der Waals surface area contributed by atoms with Gasteiger partial charge in [-0.15, -0.1) is 0 Å². The Morgan fingerprint density at radius 3 is 2.65 bits per heavy atom. The maximum Gasteiger partial charge on any atom is 0.341 e. The molecular formula is C13H14N2O5. The molecule has 2 rings (SSSR count). The van der Waals surface area contributed by atoms with E-state index in [0.29, 0.717) is 11.1 Å². The highest BCUT2D eigenvalue weighted by molar-refractivity contribution is 5.92. The normalized spacial score (nSPS) is 14.2. The van der Waals surface area contributed by atoms with Gasteiger partial charge in [0.05, 0.1) is 6.10 Å². The zero-order valence-electron chi connectivity index (χ0n) is 10.4. The quantitative estimate of drug-likeness (QED) is 0.515. The molecule has 2 unspecified atom stereocenters. The van der Waals surface area contributed by atoms with Gasteiger partial charge in [0.15, 0.2) is 0 Å². The zero-order valence-corrected chi connectivity index (χ0v) is 10.4. The minimum atomic E-state index is -1.33. The van der Waals surface area contributed by atoms with Crippen molar-refractivity contribution in [1.29, 1.82) is 0 Å². The van der Waals surface area contributed by atoms with Gasteiger partial charge in [0, 0.05) is 23.6 Å². The van der Waals surface area contributed by atoms with E-state index in [0.717, 1.165) is 6.20 Å². The molecule has 0 amide bonds. The molecule has 20 heavy (non-hydrogen) atoms. The maximum atomic E-state index is 12.0. The Morgan fingerprint density at radius 2 is 2.05 bits per heavy atom. The van der Waals surface area contributed by atoms with Crippen LogP contribution in [0.4, 0.5) is 0 Å². The molecule has 0 spiro atoms. The van der Waals surface area contributed by atoms with Crippen molar-refractivity contribution in [2.75, 3.05) is 6.54 Å². The third-order valence-corrected chi connectivity index (χ3v) is 3.08. The van der Waals surface area contributed by atoms with Crippen LogP contribution in [0.3, 0.4) is 0 Å². The number of rotatable bonds is 4. The predicted octanol–water partition coefficient (Wildman–Crippen LogP) is -0.421. The lowest BCUT2D eigenvalue weighted by atomic mass is 10.0. The molecule has 1 aromatic heterocycles. The first-order valence-corrected chi connectivity index (χ1v) is 5.90. The molecular weight excluding hydrogens is 264 g/mol. The summed E-state index contributed by atoms with van der Waals surface area (Å²) in [5.41, 5.74) is 4.96. The average Bonchev–Trinajstić information content (AvgIpc) is 2.45. The van der Waals surface area contributed by atoms with Gasteiger partial charge in [-0.05, 0) is 17.7 Å². The van der Waals surface area contributed by atoms with Crippen LogP contribution in [0.15, 0.2) is 29.2 Å². The van der Waals surface area contributed by atoms with E-state index in [1.165, 1.54) is 18.2 Å². The van der Waals surface area contributed by atoms with Gasteiger partial charge in [-0.25, -0.2) is 4.79 Å². The summed E-state index contributed by atoms with van der Waals surface area (Å²) in [6, 6.07) is 4.41. The molecule has 0 saturated carbocycles. The molecule has 0 bridgehead atoms. The van der Waals surface area contributed by atoms with Gasteiger partial charge in [-0.3, -0.25) is 4.79 Å². The Balaban J connectivity index is 2.60. The molecule has 2 aromatic rings. The molecule has 106 valence electrons. The first-order chi connectivity index (χ1) is 9.45. The number of nitrogens with one attached hydrogen (secondary N) is 1.